The van der Waals surface area contributed by atoms with Crippen molar-refractivity contribution in [3.63, 3.8) is 0 Å². The Bertz CT molecular complexity index is 3260. The number of fused-ring (bicyclic) bond motifs is 6. The molecule has 0 aromatic heterocycles. The maximum absolute atomic E-state index is 13.6. The topological polar surface area (TPSA) is 265 Å². The smallest absolute Gasteiger partial charge is 0.294 e. The number of sulfonamides is 2. The molecule has 2 aliphatic heterocycles. The van der Waals surface area contributed by atoms with Crippen LogP contribution in [0.5, 0.6) is 0 Å². The van der Waals surface area contributed by atoms with Crippen molar-refractivity contribution < 1.29 is 55.7 Å². The van der Waals surface area contributed by atoms with Crippen LogP contribution < -0.4 is 19.2 Å². The molecule has 6 rings (SSSR count). The molecule has 0 aliphatic carbocycles. The molecule has 0 amide bonds. The fraction of sp³-hybridized carbons (Fsp3) is 0.422. The minimum Gasteiger partial charge on any atom is -0.748 e. The van der Waals surface area contributed by atoms with Crippen LogP contribution in [0.25, 0.3) is 21.5 Å². The number of unbranched alkanes of at least 4 members (excludes halogenated alkanes) is 2. The van der Waals surface area contributed by atoms with Crippen LogP contribution in [0.3, 0.4) is 0 Å². The van der Waals surface area contributed by atoms with Crippen molar-refractivity contribution in [2.24, 2.45) is 0 Å². The lowest BCUT2D eigenvalue weighted by Gasteiger charge is -2.32. The average Bonchev–Trinajstić information content (AvgIpc) is 3.56. The number of nitrogens with zero attached hydrogens (tertiary/aromatic N) is 2. The molecule has 1 unspecified atom stereocenters. The first-order valence-electron chi connectivity index (χ1n) is 21.7. The molecule has 0 bridgehead atoms. The zero-order valence-electron chi connectivity index (χ0n) is 38.1. The average molecular weight is 1020 g/mol. The molecule has 22 heteroatoms. The minimum atomic E-state index is -5.02. The maximum atomic E-state index is 13.6. The molecule has 0 spiro atoms. The molecule has 4 aromatic carbocycles. The predicted octanol–water partition coefficient (Wildman–Crippen LogP) is 6.09. The molecule has 2 aliphatic rings. The van der Waals surface area contributed by atoms with Gasteiger partial charge in [0, 0.05) is 70.6 Å². The van der Waals surface area contributed by atoms with Gasteiger partial charge in [-0.2, -0.15) is 16.8 Å². The molecule has 17 nitrogen and oxygen atoms in total. The Morgan fingerprint density at radius 2 is 1.34 bits per heavy atom. The Balaban J connectivity index is 1.43. The molecule has 0 saturated heterocycles. The van der Waals surface area contributed by atoms with Crippen LogP contribution >= 0.6 is 0 Å². The number of rotatable bonds is 20. The second kappa shape index (κ2) is 19.3. The summed E-state index contributed by atoms with van der Waals surface area (Å²) in [6.45, 7) is 12.0. The van der Waals surface area contributed by atoms with Gasteiger partial charge in [0.2, 0.25) is 20.0 Å². The summed E-state index contributed by atoms with van der Waals surface area (Å²) in [5.74, 6) is -1.64. The predicted molar refractivity (Wildman–Crippen MR) is 260 cm³/mol. The van der Waals surface area contributed by atoms with Gasteiger partial charge in [0.15, 0.2) is 0 Å². The summed E-state index contributed by atoms with van der Waals surface area (Å²) >= 11 is 0. The van der Waals surface area contributed by atoms with Gasteiger partial charge in [-0.05, 0) is 71.1 Å². The summed E-state index contributed by atoms with van der Waals surface area (Å²) < 4.78 is 161. The van der Waals surface area contributed by atoms with Crippen molar-refractivity contribution in [2.75, 3.05) is 47.5 Å². The number of nitrogens with one attached hydrogen (secondary N) is 2. The molecule has 2 heterocycles. The standard InChI is InChI=1S/C45H58N4O13S5/c1-7-9-13-25-48-36-22-20-32-34(16-14-17-38(32)65(56,57)46-8-2)42(36)44(3,4)40(48)18-11-10-12-19-41-45(5,6)43-35-29-31(67(60,61)62)30-39(66(58,59)47-24-28-64(53,54)55)33(35)21-23-37(43)49(41)26-15-27-63(50,51)52/h10-12,14,16-23,29-30,41,46-47H,7-9,13,15,24-28H2,1-6H3,(H,50,51,52)(H,53,54,55)(H,60,61,62)/p-1/b11-10+,19-12+,40-18+. The van der Waals surface area contributed by atoms with Crippen LogP contribution in [-0.4, -0.2) is 99.5 Å². The lowest BCUT2D eigenvalue weighted by Crippen LogP contribution is -2.40. The van der Waals surface area contributed by atoms with Crippen LogP contribution in [0.2, 0.25) is 0 Å². The van der Waals surface area contributed by atoms with Gasteiger partial charge in [0.1, 0.15) is 0 Å². The Kier molecular flexibility index (Phi) is 15.0. The zero-order valence-corrected chi connectivity index (χ0v) is 42.1. The summed E-state index contributed by atoms with van der Waals surface area (Å²) in [6, 6.07) is 13.5. The first kappa shape index (κ1) is 52.1. The molecule has 4 aromatic rings. The summed E-state index contributed by atoms with van der Waals surface area (Å²) in [5, 5.41) is 1.60. The molecule has 4 N–H and O–H groups in total. The molecule has 67 heavy (non-hydrogen) atoms. The molecular weight excluding hydrogens is 965 g/mol. The van der Waals surface area contributed by atoms with Crippen LogP contribution in [0.1, 0.15) is 78.4 Å². The molecule has 366 valence electrons. The van der Waals surface area contributed by atoms with Gasteiger partial charge >= 0.3 is 0 Å². The summed E-state index contributed by atoms with van der Waals surface area (Å²) in [5.41, 5.74) is 2.37. The Morgan fingerprint density at radius 1 is 0.687 bits per heavy atom. The van der Waals surface area contributed by atoms with E-state index in [1.54, 1.807) is 31.2 Å². The van der Waals surface area contributed by atoms with Crippen molar-refractivity contribution in [3.05, 3.63) is 102 Å². The van der Waals surface area contributed by atoms with E-state index in [0.717, 1.165) is 60.3 Å². The third-order valence-electron chi connectivity index (χ3n) is 12.3. The molecule has 0 saturated carbocycles. The van der Waals surface area contributed by atoms with Crippen LogP contribution in [0, 0.1) is 0 Å². The highest BCUT2D eigenvalue weighted by atomic mass is 32.2. The SMILES string of the molecule is CCCCCN1/C(=C/C=C/C=C/C2N(CCCS(=O)(=O)[O-])c3ccc4c(S(=O)(=O)NCCS(=O)(=O)O)cc(S(=O)(=O)O)cc4c3C2(C)C)C(C)(C)c2c1ccc1c(S(=O)(=O)NCC)cccc21. The van der Waals surface area contributed by atoms with Gasteiger partial charge in [0.25, 0.3) is 20.2 Å². The minimum absolute atomic E-state index is 0.0312. The molecule has 0 fully saturated rings. The van der Waals surface area contributed by atoms with E-state index in [0.29, 0.717) is 16.6 Å². The van der Waals surface area contributed by atoms with E-state index in [2.05, 4.69) is 35.1 Å². The van der Waals surface area contributed by atoms with E-state index < -0.39 is 95.1 Å². The van der Waals surface area contributed by atoms with Gasteiger partial charge in [-0.15, -0.1) is 0 Å². The first-order valence-corrected chi connectivity index (χ1v) is 29.3. The lowest BCUT2D eigenvalue weighted by atomic mass is 9.78. The highest BCUT2D eigenvalue weighted by Crippen LogP contribution is 2.52. The second-order valence-electron chi connectivity index (χ2n) is 17.7. The first-order chi connectivity index (χ1) is 31.1. The molecule has 1 atom stereocenters. The quantitative estimate of drug-likeness (QED) is 0.0443. The Hall–Kier alpha value is -4.23. The van der Waals surface area contributed by atoms with Crippen LogP contribution in [0.4, 0.5) is 11.4 Å². The molecular formula is C45H57N4O13S5-. The van der Waals surface area contributed by atoms with E-state index in [9.17, 15) is 55.7 Å². The van der Waals surface area contributed by atoms with Crippen molar-refractivity contribution in [3.8, 4) is 0 Å². The number of benzene rings is 4. The number of allylic oxidation sites excluding steroid dienone is 5. The highest BCUT2D eigenvalue weighted by Gasteiger charge is 2.45. The van der Waals surface area contributed by atoms with Crippen LogP contribution in [0.15, 0.2) is 105 Å². The van der Waals surface area contributed by atoms with Gasteiger partial charge in [-0.3, -0.25) is 9.11 Å². The third kappa shape index (κ3) is 11.0. The summed E-state index contributed by atoms with van der Waals surface area (Å²) in [4.78, 5) is 2.98. The molecule has 0 radical (unpaired) electrons. The number of anilines is 2. The second-order valence-corrected chi connectivity index (χ2v) is 25.7. The van der Waals surface area contributed by atoms with Crippen molar-refractivity contribution in [2.45, 2.75) is 98.8 Å². The zero-order chi connectivity index (χ0) is 49.5. The van der Waals surface area contributed by atoms with E-state index in [-0.39, 0.29) is 35.2 Å². The van der Waals surface area contributed by atoms with Gasteiger partial charge in [-0.25, -0.2) is 34.7 Å². The van der Waals surface area contributed by atoms with Crippen LogP contribution in [-0.2, 0) is 61.2 Å². The monoisotopic (exact) mass is 1020 g/mol. The summed E-state index contributed by atoms with van der Waals surface area (Å²) in [6.07, 6.45) is 12.3. The Labute approximate surface area is 394 Å². The maximum Gasteiger partial charge on any atom is 0.294 e. The van der Waals surface area contributed by atoms with E-state index >= 15 is 0 Å². The summed E-state index contributed by atoms with van der Waals surface area (Å²) in [7, 11) is -22.6. The fourth-order valence-electron chi connectivity index (χ4n) is 9.47. The van der Waals surface area contributed by atoms with E-state index in [1.807, 2.05) is 61.3 Å². The van der Waals surface area contributed by atoms with Crippen molar-refractivity contribution in [1.29, 1.82) is 0 Å². The lowest BCUT2D eigenvalue weighted by molar-refractivity contribution is 0.456. The number of hydrogen-bond donors (Lipinski definition) is 4. The fourth-order valence-corrected chi connectivity index (χ4v) is 13.6. The van der Waals surface area contributed by atoms with Gasteiger partial charge < -0.3 is 14.4 Å². The van der Waals surface area contributed by atoms with Gasteiger partial charge in [0.05, 0.1) is 36.6 Å². The van der Waals surface area contributed by atoms with Crippen molar-refractivity contribution >= 4 is 83.3 Å². The normalized spacial score (nSPS) is 18.3. The highest BCUT2D eigenvalue weighted by molar-refractivity contribution is 7.90. The van der Waals surface area contributed by atoms with E-state index in [4.69, 9.17) is 0 Å². The number of hydrogen-bond acceptors (Lipinski definition) is 13. The Morgan fingerprint density at radius 3 is 1.97 bits per heavy atom. The van der Waals surface area contributed by atoms with E-state index in [1.165, 1.54) is 6.07 Å². The van der Waals surface area contributed by atoms with Crippen molar-refractivity contribution in [1.82, 2.24) is 9.44 Å². The largest absolute Gasteiger partial charge is 0.748 e. The van der Waals surface area contributed by atoms with Gasteiger partial charge in [-0.1, -0.05) is 103 Å². The third-order valence-corrected chi connectivity index (χ3v) is 17.8.